The van der Waals surface area contributed by atoms with E-state index >= 15 is 0 Å². The van der Waals surface area contributed by atoms with E-state index in [1.54, 1.807) is 37.7 Å². The van der Waals surface area contributed by atoms with Crippen LogP contribution >= 0.6 is 11.3 Å². The van der Waals surface area contributed by atoms with Gasteiger partial charge in [-0.25, -0.2) is 9.97 Å². The van der Waals surface area contributed by atoms with E-state index in [-0.39, 0.29) is 11.3 Å². The monoisotopic (exact) mass is 449 g/mol. The minimum atomic E-state index is -0.504. The van der Waals surface area contributed by atoms with Crippen LogP contribution in [0.25, 0.3) is 16.4 Å². The number of nitrogens with one attached hydrogen (secondary N) is 1. The molecule has 162 valence electrons. The number of nitro groups is 1. The molecule has 32 heavy (non-hydrogen) atoms. The Morgan fingerprint density at radius 3 is 2.78 bits per heavy atom. The number of nitrogens with zero attached hydrogens (tertiary/aromatic N) is 4. The van der Waals surface area contributed by atoms with Gasteiger partial charge in [0.2, 0.25) is 0 Å². The van der Waals surface area contributed by atoms with Gasteiger partial charge >= 0.3 is 0 Å². The number of aromatic nitrogens is 3. The van der Waals surface area contributed by atoms with Crippen LogP contribution in [0.1, 0.15) is 21.7 Å². The topological polar surface area (TPSA) is 112 Å². The first-order valence-electron chi connectivity index (χ1n) is 9.58. The van der Waals surface area contributed by atoms with E-state index in [1.807, 2.05) is 29.6 Å². The number of amides is 1. The summed E-state index contributed by atoms with van der Waals surface area (Å²) in [7, 11) is 1.61. The van der Waals surface area contributed by atoms with Crippen molar-refractivity contribution in [3.8, 4) is 22.1 Å². The zero-order valence-corrected chi connectivity index (χ0v) is 18.3. The molecule has 4 aromatic rings. The lowest BCUT2D eigenvalue weighted by atomic mass is 10.1. The van der Waals surface area contributed by atoms with E-state index in [9.17, 15) is 14.9 Å². The van der Waals surface area contributed by atoms with E-state index < -0.39 is 10.8 Å². The van der Waals surface area contributed by atoms with Gasteiger partial charge in [-0.1, -0.05) is 18.2 Å². The highest BCUT2D eigenvalue weighted by Crippen LogP contribution is 2.29. The van der Waals surface area contributed by atoms with E-state index in [1.165, 1.54) is 23.6 Å². The minimum Gasteiger partial charge on any atom is -0.497 e. The first-order valence-corrected chi connectivity index (χ1v) is 10.5. The number of hydrogen-bond donors (Lipinski definition) is 1. The van der Waals surface area contributed by atoms with Crippen LogP contribution < -0.4 is 10.1 Å². The summed E-state index contributed by atoms with van der Waals surface area (Å²) in [5.41, 5.74) is 2.24. The lowest BCUT2D eigenvalue weighted by Gasteiger charge is -2.09. The van der Waals surface area contributed by atoms with Gasteiger partial charge in [-0.2, -0.15) is 0 Å². The predicted molar refractivity (Wildman–Crippen MR) is 122 cm³/mol. The molecule has 0 saturated heterocycles. The van der Waals surface area contributed by atoms with Crippen molar-refractivity contribution in [2.45, 2.75) is 13.8 Å². The Kier molecular flexibility index (Phi) is 5.69. The zero-order chi connectivity index (χ0) is 22.8. The van der Waals surface area contributed by atoms with Gasteiger partial charge in [0.15, 0.2) is 5.13 Å². The maximum absolute atomic E-state index is 12.8. The largest absolute Gasteiger partial charge is 0.497 e. The third-order valence-electron chi connectivity index (χ3n) is 4.90. The van der Waals surface area contributed by atoms with Gasteiger partial charge in [-0.15, -0.1) is 11.3 Å². The molecule has 0 bridgehead atoms. The molecular formula is C22H19N5O4S. The van der Waals surface area contributed by atoms with Crippen molar-refractivity contribution >= 4 is 28.7 Å². The van der Waals surface area contributed by atoms with Crippen LogP contribution in [0.4, 0.5) is 11.5 Å². The number of hydrogen-bond acceptors (Lipinski definition) is 7. The maximum atomic E-state index is 12.8. The fourth-order valence-corrected chi connectivity index (χ4v) is 4.08. The van der Waals surface area contributed by atoms with Crippen LogP contribution in [0.5, 0.6) is 5.75 Å². The summed E-state index contributed by atoms with van der Waals surface area (Å²) >= 11 is 1.41. The van der Waals surface area contributed by atoms with Crippen molar-refractivity contribution in [2.24, 2.45) is 0 Å². The SMILES string of the molecule is COc1cccc(-c2csc(-n3c(NC(=O)c4ccc(C)c([N+](=O)[O-])c4)cnc3C)n2)c1. The summed E-state index contributed by atoms with van der Waals surface area (Å²) in [5, 5.41) is 16.5. The maximum Gasteiger partial charge on any atom is 0.273 e. The molecule has 0 radical (unpaired) electrons. The van der Waals surface area contributed by atoms with Crippen molar-refractivity contribution in [1.82, 2.24) is 14.5 Å². The summed E-state index contributed by atoms with van der Waals surface area (Å²) in [6.07, 6.45) is 1.53. The molecule has 1 amide bonds. The Morgan fingerprint density at radius 1 is 1.22 bits per heavy atom. The Morgan fingerprint density at radius 2 is 2.03 bits per heavy atom. The number of benzene rings is 2. The Balaban J connectivity index is 1.63. The third kappa shape index (κ3) is 4.08. The van der Waals surface area contributed by atoms with Crippen molar-refractivity contribution in [3.05, 3.63) is 81.1 Å². The quantitative estimate of drug-likeness (QED) is 0.335. The molecule has 0 atom stereocenters. The Labute approximate surface area is 187 Å². The van der Waals surface area contributed by atoms with E-state index in [4.69, 9.17) is 9.72 Å². The molecular weight excluding hydrogens is 430 g/mol. The van der Waals surface area contributed by atoms with Crippen molar-refractivity contribution in [2.75, 3.05) is 12.4 Å². The predicted octanol–water partition coefficient (Wildman–Crippen LogP) is 4.78. The van der Waals surface area contributed by atoms with E-state index in [2.05, 4.69) is 10.3 Å². The normalized spacial score (nSPS) is 10.7. The van der Waals surface area contributed by atoms with Crippen LogP contribution in [0.3, 0.4) is 0 Å². The molecule has 0 fully saturated rings. The number of carbonyl (C=O) groups excluding carboxylic acids is 1. The number of rotatable bonds is 6. The summed E-state index contributed by atoms with van der Waals surface area (Å²) in [5.74, 6) is 1.32. The average Bonchev–Trinajstić information content (AvgIpc) is 3.40. The van der Waals surface area contributed by atoms with Gasteiger partial charge in [-0.3, -0.25) is 19.5 Å². The number of imidazole rings is 1. The number of thiazole rings is 1. The fourth-order valence-electron chi connectivity index (χ4n) is 3.19. The second-order valence-electron chi connectivity index (χ2n) is 6.99. The molecule has 2 heterocycles. The highest BCUT2D eigenvalue weighted by molar-refractivity contribution is 7.12. The summed E-state index contributed by atoms with van der Waals surface area (Å²) in [6, 6.07) is 12.0. The standard InChI is InChI=1S/C22H19N5O4S/c1-13-7-8-16(10-19(13)27(29)30)21(28)25-20-11-23-14(2)26(20)22-24-18(12-32-22)15-5-4-6-17(9-15)31-3/h4-12H,1-3H3,(H,25,28). The molecule has 0 spiro atoms. The average molecular weight is 449 g/mol. The summed E-state index contributed by atoms with van der Waals surface area (Å²) < 4.78 is 7.01. The number of nitro benzene ring substituents is 1. The van der Waals surface area contributed by atoms with E-state index in [0.717, 1.165) is 17.0 Å². The second kappa shape index (κ2) is 8.60. The highest BCUT2D eigenvalue weighted by Gasteiger charge is 2.19. The lowest BCUT2D eigenvalue weighted by Crippen LogP contribution is -2.15. The smallest absolute Gasteiger partial charge is 0.273 e. The van der Waals surface area contributed by atoms with Gasteiger partial charge in [-0.05, 0) is 32.0 Å². The lowest BCUT2D eigenvalue weighted by molar-refractivity contribution is -0.385. The Bertz CT molecular complexity index is 1330. The van der Waals surface area contributed by atoms with Crippen molar-refractivity contribution < 1.29 is 14.5 Å². The van der Waals surface area contributed by atoms with Crippen LogP contribution in [-0.4, -0.2) is 32.5 Å². The highest BCUT2D eigenvalue weighted by atomic mass is 32.1. The second-order valence-corrected chi connectivity index (χ2v) is 7.82. The van der Waals surface area contributed by atoms with Crippen LogP contribution in [-0.2, 0) is 0 Å². The van der Waals surface area contributed by atoms with Gasteiger partial charge in [0.05, 0.1) is 23.9 Å². The molecule has 0 aliphatic rings. The summed E-state index contributed by atoms with van der Waals surface area (Å²) in [4.78, 5) is 32.5. The van der Waals surface area contributed by atoms with Crippen molar-refractivity contribution in [3.63, 3.8) is 0 Å². The molecule has 2 aromatic carbocycles. The third-order valence-corrected chi connectivity index (χ3v) is 5.72. The molecule has 4 rings (SSSR count). The molecule has 1 N–H and O–H groups in total. The number of carbonyl (C=O) groups is 1. The molecule has 0 aliphatic heterocycles. The zero-order valence-electron chi connectivity index (χ0n) is 17.5. The first kappa shape index (κ1) is 21.2. The van der Waals surface area contributed by atoms with Gasteiger partial charge in [0, 0.05) is 28.1 Å². The molecule has 9 nitrogen and oxygen atoms in total. The van der Waals surface area contributed by atoms with E-state index in [0.29, 0.717) is 22.3 Å². The molecule has 2 aromatic heterocycles. The van der Waals surface area contributed by atoms with Crippen LogP contribution in [0.15, 0.2) is 54.0 Å². The Hall–Kier alpha value is -4.05. The van der Waals surface area contributed by atoms with Crippen molar-refractivity contribution in [1.29, 1.82) is 0 Å². The molecule has 10 heteroatoms. The van der Waals surface area contributed by atoms with Crippen LogP contribution in [0.2, 0.25) is 0 Å². The minimum absolute atomic E-state index is 0.106. The molecule has 0 unspecified atom stereocenters. The fraction of sp³-hybridized carbons (Fsp3) is 0.136. The van der Waals surface area contributed by atoms with Crippen LogP contribution in [0, 0.1) is 24.0 Å². The number of methoxy groups -OCH3 is 1. The number of aryl methyl sites for hydroxylation is 2. The van der Waals surface area contributed by atoms with Gasteiger partial charge in [0.25, 0.3) is 11.6 Å². The number of anilines is 1. The molecule has 0 saturated carbocycles. The van der Waals surface area contributed by atoms with Gasteiger partial charge < -0.3 is 10.1 Å². The first-order chi connectivity index (χ1) is 15.4. The number of ether oxygens (including phenoxy) is 1. The summed E-state index contributed by atoms with van der Waals surface area (Å²) in [6.45, 7) is 3.43. The molecule has 0 aliphatic carbocycles. The van der Waals surface area contributed by atoms with Gasteiger partial charge in [0.1, 0.15) is 17.4 Å².